The van der Waals surface area contributed by atoms with Crippen LogP contribution in [0.5, 0.6) is 0 Å². The molecule has 0 saturated heterocycles. The van der Waals surface area contributed by atoms with E-state index in [9.17, 15) is 14.4 Å². The van der Waals surface area contributed by atoms with Gasteiger partial charge in [0.15, 0.2) is 5.78 Å². The number of ketones is 1. The van der Waals surface area contributed by atoms with Gasteiger partial charge in [0.2, 0.25) is 11.8 Å². The van der Waals surface area contributed by atoms with Gasteiger partial charge in [-0.15, -0.1) is 0 Å². The zero-order valence-electron chi connectivity index (χ0n) is 14.1. The van der Waals surface area contributed by atoms with Crippen LogP contribution in [0.4, 0.5) is 5.69 Å². The number of Topliss-reactive ketones (excluding diaryl/α,β-unsaturated/α-hetero) is 1. The summed E-state index contributed by atoms with van der Waals surface area (Å²) in [5.41, 5.74) is 1.95. The molecule has 2 aromatic carbocycles. The fourth-order valence-electron chi connectivity index (χ4n) is 2.26. The van der Waals surface area contributed by atoms with E-state index in [4.69, 9.17) is 23.2 Å². The van der Waals surface area contributed by atoms with E-state index in [0.717, 1.165) is 5.56 Å². The smallest absolute Gasteiger partial charge is 0.233 e. The molecule has 0 aliphatic rings. The number of hydrogen-bond donors (Lipinski definition) is 2. The van der Waals surface area contributed by atoms with E-state index in [2.05, 4.69) is 10.6 Å². The topological polar surface area (TPSA) is 75.3 Å². The maximum atomic E-state index is 11.9. The normalized spacial score (nSPS) is 10.3. The number of carbonyl (C=O) groups is 3. The molecule has 0 aliphatic heterocycles. The predicted molar refractivity (Wildman–Crippen MR) is 103 cm³/mol. The minimum Gasteiger partial charge on any atom is -0.355 e. The Morgan fingerprint density at radius 2 is 1.65 bits per heavy atom. The van der Waals surface area contributed by atoms with E-state index in [1.54, 1.807) is 42.5 Å². The summed E-state index contributed by atoms with van der Waals surface area (Å²) in [4.78, 5) is 34.9. The van der Waals surface area contributed by atoms with Crippen molar-refractivity contribution in [2.45, 2.75) is 19.8 Å². The number of benzene rings is 2. The van der Waals surface area contributed by atoms with Gasteiger partial charge in [-0.25, -0.2) is 0 Å². The Labute approximate surface area is 161 Å². The van der Waals surface area contributed by atoms with E-state index < -0.39 is 5.91 Å². The fraction of sp³-hybridized carbons (Fsp3) is 0.211. The molecule has 0 fully saturated rings. The molecular formula is C19H18Cl2N2O3. The maximum absolute atomic E-state index is 11.9. The van der Waals surface area contributed by atoms with Crippen LogP contribution in [0.25, 0.3) is 0 Å². The summed E-state index contributed by atoms with van der Waals surface area (Å²) < 4.78 is 0. The average molecular weight is 393 g/mol. The van der Waals surface area contributed by atoms with Crippen molar-refractivity contribution in [3.05, 3.63) is 63.6 Å². The Kier molecular flexibility index (Phi) is 7.18. The first-order valence-corrected chi connectivity index (χ1v) is 8.72. The summed E-state index contributed by atoms with van der Waals surface area (Å²) in [6, 6.07) is 11.7. The molecule has 0 heterocycles. The fourth-order valence-corrected chi connectivity index (χ4v) is 2.77. The molecular weight excluding hydrogens is 375 g/mol. The molecule has 0 saturated carbocycles. The zero-order valence-corrected chi connectivity index (χ0v) is 15.7. The van der Waals surface area contributed by atoms with Crippen LogP contribution in [-0.4, -0.2) is 24.1 Å². The lowest BCUT2D eigenvalue weighted by molar-refractivity contribution is -0.126. The molecule has 7 heteroatoms. The molecule has 2 amide bonds. The zero-order chi connectivity index (χ0) is 19.1. The summed E-state index contributed by atoms with van der Waals surface area (Å²) in [6.45, 7) is 1.83. The highest BCUT2D eigenvalue weighted by atomic mass is 35.5. The highest BCUT2D eigenvalue weighted by Gasteiger charge is 2.10. The summed E-state index contributed by atoms with van der Waals surface area (Å²) in [7, 11) is 0. The lowest BCUT2D eigenvalue weighted by Crippen LogP contribution is -2.29. The third-order valence-corrected chi connectivity index (χ3v) is 4.21. The Balaban J connectivity index is 1.76. The summed E-state index contributed by atoms with van der Waals surface area (Å²) >= 11 is 11.9. The van der Waals surface area contributed by atoms with E-state index in [1.165, 1.54) is 6.92 Å². The lowest BCUT2D eigenvalue weighted by atomic mass is 10.1. The van der Waals surface area contributed by atoms with Crippen molar-refractivity contribution in [2.75, 3.05) is 11.9 Å². The van der Waals surface area contributed by atoms with Gasteiger partial charge in [0.25, 0.3) is 0 Å². The van der Waals surface area contributed by atoms with Gasteiger partial charge in [-0.3, -0.25) is 14.4 Å². The second kappa shape index (κ2) is 9.36. The third-order valence-electron chi connectivity index (χ3n) is 3.63. The molecule has 0 bridgehead atoms. The van der Waals surface area contributed by atoms with Crippen LogP contribution in [0.1, 0.15) is 29.3 Å². The number of carbonyl (C=O) groups excluding carboxylic acids is 3. The first kappa shape index (κ1) is 19.9. The van der Waals surface area contributed by atoms with Crippen molar-refractivity contribution in [1.82, 2.24) is 5.32 Å². The van der Waals surface area contributed by atoms with Crippen molar-refractivity contribution >= 4 is 46.5 Å². The van der Waals surface area contributed by atoms with Crippen molar-refractivity contribution in [3.63, 3.8) is 0 Å². The quantitative estimate of drug-likeness (QED) is 0.554. The molecule has 136 valence electrons. The van der Waals surface area contributed by atoms with Gasteiger partial charge in [0.05, 0.1) is 0 Å². The van der Waals surface area contributed by atoms with E-state index >= 15 is 0 Å². The van der Waals surface area contributed by atoms with Crippen molar-refractivity contribution in [1.29, 1.82) is 0 Å². The van der Waals surface area contributed by atoms with Gasteiger partial charge in [-0.05, 0) is 55.3 Å². The largest absolute Gasteiger partial charge is 0.355 e. The third kappa shape index (κ3) is 6.17. The Bertz CT molecular complexity index is 820. The van der Waals surface area contributed by atoms with Gasteiger partial charge in [0, 0.05) is 27.8 Å². The van der Waals surface area contributed by atoms with Crippen LogP contribution in [-0.2, 0) is 16.0 Å². The Morgan fingerprint density at radius 3 is 2.27 bits per heavy atom. The molecule has 0 unspecified atom stereocenters. The van der Waals surface area contributed by atoms with Crippen LogP contribution >= 0.6 is 23.2 Å². The van der Waals surface area contributed by atoms with Crippen LogP contribution in [0.15, 0.2) is 42.5 Å². The van der Waals surface area contributed by atoms with Crippen LogP contribution in [0, 0.1) is 0 Å². The van der Waals surface area contributed by atoms with E-state index in [-0.39, 0.29) is 18.1 Å². The highest BCUT2D eigenvalue weighted by molar-refractivity contribution is 6.35. The van der Waals surface area contributed by atoms with Gasteiger partial charge in [-0.1, -0.05) is 29.3 Å². The lowest BCUT2D eigenvalue weighted by Gasteiger charge is -2.08. The van der Waals surface area contributed by atoms with Crippen molar-refractivity contribution in [3.8, 4) is 0 Å². The van der Waals surface area contributed by atoms with Gasteiger partial charge >= 0.3 is 0 Å². The van der Waals surface area contributed by atoms with Crippen molar-refractivity contribution < 1.29 is 14.4 Å². The van der Waals surface area contributed by atoms with E-state index in [0.29, 0.717) is 34.3 Å². The average Bonchev–Trinajstić information content (AvgIpc) is 2.57. The first-order valence-electron chi connectivity index (χ1n) is 7.96. The summed E-state index contributed by atoms with van der Waals surface area (Å²) in [5, 5.41) is 6.39. The Hall–Kier alpha value is -2.37. The molecule has 0 aliphatic carbocycles. The van der Waals surface area contributed by atoms with Gasteiger partial charge < -0.3 is 10.6 Å². The summed E-state index contributed by atoms with van der Waals surface area (Å²) in [6.07, 6.45) is 0.249. The molecule has 2 N–H and O–H groups in total. The van der Waals surface area contributed by atoms with Crippen LogP contribution < -0.4 is 10.6 Å². The predicted octanol–water partition coefficient (Wildman–Crippen LogP) is 3.88. The SMILES string of the molecule is CC(=O)c1ccc(NC(=O)CC(=O)NCCc2ccc(Cl)cc2Cl)cc1. The molecule has 0 spiro atoms. The monoisotopic (exact) mass is 392 g/mol. The van der Waals surface area contributed by atoms with Gasteiger partial charge in [0.1, 0.15) is 6.42 Å². The summed E-state index contributed by atoms with van der Waals surface area (Å²) in [5.74, 6) is -0.862. The van der Waals surface area contributed by atoms with E-state index in [1.807, 2.05) is 0 Å². The Morgan fingerprint density at radius 1 is 0.962 bits per heavy atom. The molecule has 0 radical (unpaired) electrons. The number of rotatable bonds is 7. The molecule has 2 aromatic rings. The minimum absolute atomic E-state index is 0.0527. The molecule has 0 aromatic heterocycles. The second-order valence-electron chi connectivity index (χ2n) is 5.69. The maximum Gasteiger partial charge on any atom is 0.233 e. The second-order valence-corrected chi connectivity index (χ2v) is 6.54. The number of nitrogens with one attached hydrogen (secondary N) is 2. The minimum atomic E-state index is -0.428. The highest BCUT2D eigenvalue weighted by Crippen LogP contribution is 2.21. The van der Waals surface area contributed by atoms with Gasteiger partial charge in [-0.2, -0.15) is 0 Å². The molecule has 2 rings (SSSR count). The number of amides is 2. The first-order chi connectivity index (χ1) is 12.3. The number of anilines is 1. The molecule has 26 heavy (non-hydrogen) atoms. The number of hydrogen-bond acceptors (Lipinski definition) is 3. The standard InChI is InChI=1S/C19H18Cl2N2O3/c1-12(24)13-3-6-16(7-4-13)23-19(26)11-18(25)22-9-8-14-2-5-15(20)10-17(14)21/h2-7,10H,8-9,11H2,1H3,(H,22,25)(H,23,26). The van der Waals surface area contributed by atoms with Crippen LogP contribution in [0.2, 0.25) is 10.0 Å². The number of halogens is 2. The molecule has 5 nitrogen and oxygen atoms in total. The molecule has 0 atom stereocenters. The van der Waals surface area contributed by atoms with Crippen molar-refractivity contribution in [2.24, 2.45) is 0 Å². The van der Waals surface area contributed by atoms with Crippen LogP contribution in [0.3, 0.4) is 0 Å².